The van der Waals surface area contributed by atoms with E-state index in [1.807, 2.05) is 42.5 Å². The largest absolute Gasteiger partial charge is 0.326 e. The Balaban J connectivity index is 1.94. The monoisotopic (exact) mass is 295 g/mol. The molecule has 0 aliphatic carbocycles. The second-order valence-electron chi connectivity index (χ2n) is 5.62. The highest BCUT2D eigenvalue weighted by molar-refractivity contribution is 5.95. The summed E-state index contributed by atoms with van der Waals surface area (Å²) in [5.74, 6) is 0.111. The summed E-state index contributed by atoms with van der Waals surface area (Å²) in [4.78, 5) is 12.1. The molecule has 0 radical (unpaired) electrons. The van der Waals surface area contributed by atoms with E-state index in [2.05, 4.69) is 24.4 Å². The zero-order chi connectivity index (χ0) is 15.6. The fraction of sp³-hybridized carbons (Fsp3) is 0.350. The first-order valence-corrected chi connectivity index (χ1v) is 8.25. The molecule has 2 aromatic carbocycles. The highest BCUT2D eigenvalue weighted by atomic mass is 16.1. The van der Waals surface area contributed by atoms with E-state index in [0.29, 0.717) is 6.42 Å². The molecule has 0 heterocycles. The Bertz CT molecular complexity index is 577. The van der Waals surface area contributed by atoms with Crippen LogP contribution in [0.4, 0.5) is 5.69 Å². The zero-order valence-electron chi connectivity index (χ0n) is 13.3. The number of benzene rings is 2. The minimum atomic E-state index is 0.111. The molecule has 2 aromatic rings. The maximum atomic E-state index is 12.1. The molecule has 0 saturated heterocycles. The number of amides is 1. The van der Waals surface area contributed by atoms with Gasteiger partial charge in [-0.05, 0) is 18.1 Å². The summed E-state index contributed by atoms with van der Waals surface area (Å²) < 4.78 is 0. The predicted molar refractivity (Wildman–Crippen MR) is 93.9 cm³/mol. The summed E-state index contributed by atoms with van der Waals surface area (Å²) in [6, 6.07) is 18.1. The second kappa shape index (κ2) is 9.04. The molecule has 2 nitrogen and oxygen atoms in total. The maximum Gasteiger partial charge on any atom is 0.224 e. The molecule has 1 N–H and O–H groups in total. The summed E-state index contributed by atoms with van der Waals surface area (Å²) >= 11 is 0. The van der Waals surface area contributed by atoms with Gasteiger partial charge in [-0.2, -0.15) is 0 Å². The number of rotatable bonds is 8. The molecule has 0 fully saturated rings. The Morgan fingerprint density at radius 1 is 0.864 bits per heavy atom. The van der Waals surface area contributed by atoms with Gasteiger partial charge in [0.1, 0.15) is 0 Å². The van der Waals surface area contributed by atoms with E-state index in [-0.39, 0.29) is 5.91 Å². The van der Waals surface area contributed by atoms with Crippen LogP contribution in [0.5, 0.6) is 0 Å². The van der Waals surface area contributed by atoms with Crippen LogP contribution in [-0.4, -0.2) is 5.91 Å². The van der Waals surface area contributed by atoms with Gasteiger partial charge >= 0.3 is 0 Å². The van der Waals surface area contributed by atoms with Crippen molar-refractivity contribution in [2.24, 2.45) is 0 Å². The van der Waals surface area contributed by atoms with Crippen LogP contribution in [0.3, 0.4) is 0 Å². The summed E-state index contributed by atoms with van der Waals surface area (Å²) in [6.07, 6.45) is 6.44. The third-order valence-corrected chi connectivity index (χ3v) is 3.79. The molecule has 22 heavy (non-hydrogen) atoms. The van der Waals surface area contributed by atoms with Gasteiger partial charge in [0.15, 0.2) is 0 Å². The molecule has 0 atom stereocenters. The SMILES string of the molecule is CCCCCCCC(=O)Nc1ccccc1-c1ccccc1. The molecular weight excluding hydrogens is 270 g/mol. The molecular formula is C20H25NO. The summed E-state index contributed by atoms with van der Waals surface area (Å²) in [6.45, 7) is 2.20. The van der Waals surface area contributed by atoms with Crippen molar-refractivity contribution in [2.75, 3.05) is 5.32 Å². The van der Waals surface area contributed by atoms with E-state index >= 15 is 0 Å². The number of hydrogen-bond donors (Lipinski definition) is 1. The van der Waals surface area contributed by atoms with E-state index in [1.54, 1.807) is 0 Å². The third-order valence-electron chi connectivity index (χ3n) is 3.79. The Labute approximate surface area is 133 Å². The van der Waals surface area contributed by atoms with E-state index in [1.165, 1.54) is 19.3 Å². The first-order chi connectivity index (χ1) is 10.8. The van der Waals surface area contributed by atoms with Crippen LogP contribution in [-0.2, 0) is 4.79 Å². The summed E-state index contributed by atoms with van der Waals surface area (Å²) in [7, 11) is 0. The normalized spacial score (nSPS) is 10.4. The molecule has 0 saturated carbocycles. The summed E-state index contributed by atoms with van der Waals surface area (Å²) in [5.41, 5.74) is 3.09. The zero-order valence-corrected chi connectivity index (χ0v) is 13.3. The maximum absolute atomic E-state index is 12.1. The molecule has 0 aromatic heterocycles. The van der Waals surface area contributed by atoms with Gasteiger partial charge in [-0.1, -0.05) is 81.1 Å². The van der Waals surface area contributed by atoms with Crippen molar-refractivity contribution < 1.29 is 4.79 Å². The lowest BCUT2D eigenvalue weighted by Crippen LogP contribution is -2.11. The number of hydrogen-bond acceptors (Lipinski definition) is 1. The minimum absolute atomic E-state index is 0.111. The third kappa shape index (κ3) is 5.03. The van der Waals surface area contributed by atoms with Crippen LogP contribution < -0.4 is 5.32 Å². The van der Waals surface area contributed by atoms with Crippen molar-refractivity contribution in [3.63, 3.8) is 0 Å². The standard InChI is InChI=1S/C20H25NO/c1-2-3-4-5-9-16-20(22)21-19-15-11-10-14-18(19)17-12-7-6-8-13-17/h6-8,10-15H,2-5,9,16H2,1H3,(H,21,22). The van der Waals surface area contributed by atoms with Crippen molar-refractivity contribution in [3.05, 3.63) is 54.6 Å². The van der Waals surface area contributed by atoms with Crippen molar-refractivity contribution in [1.29, 1.82) is 0 Å². The number of unbranched alkanes of at least 4 members (excludes halogenated alkanes) is 4. The lowest BCUT2D eigenvalue weighted by Gasteiger charge is -2.11. The number of carbonyl (C=O) groups excluding carboxylic acids is 1. The van der Waals surface area contributed by atoms with Crippen LogP contribution in [0.25, 0.3) is 11.1 Å². The van der Waals surface area contributed by atoms with Gasteiger partial charge in [-0.15, -0.1) is 0 Å². The van der Waals surface area contributed by atoms with Crippen LogP contribution in [0, 0.1) is 0 Å². The summed E-state index contributed by atoms with van der Waals surface area (Å²) in [5, 5.41) is 3.06. The number of nitrogens with one attached hydrogen (secondary N) is 1. The quantitative estimate of drug-likeness (QED) is 0.626. The van der Waals surface area contributed by atoms with Crippen LogP contribution >= 0.6 is 0 Å². The first-order valence-electron chi connectivity index (χ1n) is 8.25. The Hall–Kier alpha value is -2.09. The average molecular weight is 295 g/mol. The highest BCUT2D eigenvalue weighted by Crippen LogP contribution is 2.27. The number of carbonyl (C=O) groups is 1. The van der Waals surface area contributed by atoms with E-state index < -0.39 is 0 Å². The number of anilines is 1. The molecule has 0 unspecified atom stereocenters. The Kier molecular flexibility index (Phi) is 6.69. The smallest absolute Gasteiger partial charge is 0.224 e. The topological polar surface area (TPSA) is 29.1 Å². The first kappa shape index (κ1) is 16.3. The predicted octanol–water partition coefficient (Wildman–Crippen LogP) is 5.65. The van der Waals surface area contributed by atoms with E-state index in [4.69, 9.17) is 0 Å². The Morgan fingerprint density at radius 3 is 2.32 bits per heavy atom. The van der Waals surface area contributed by atoms with Gasteiger partial charge in [0.25, 0.3) is 0 Å². The lowest BCUT2D eigenvalue weighted by molar-refractivity contribution is -0.116. The van der Waals surface area contributed by atoms with Gasteiger partial charge in [0.2, 0.25) is 5.91 Å². The molecule has 0 bridgehead atoms. The molecule has 1 amide bonds. The number of para-hydroxylation sites is 1. The molecule has 0 aliphatic heterocycles. The van der Waals surface area contributed by atoms with Gasteiger partial charge in [0.05, 0.1) is 0 Å². The Morgan fingerprint density at radius 2 is 1.55 bits per heavy atom. The molecule has 116 valence electrons. The van der Waals surface area contributed by atoms with Crippen molar-refractivity contribution in [3.8, 4) is 11.1 Å². The van der Waals surface area contributed by atoms with Crippen molar-refractivity contribution in [2.45, 2.75) is 45.4 Å². The highest BCUT2D eigenvalue weighted by Gasteiger charge is 2.07. The van der Waals surface area contributed by atoms with Crippen LogP contribution in [0.2, 0.25) is 0 Å². The molecule has 0 aliphatic rings. The fourth-order valence-corrected chi connectivity index (χ4v) is 2.56. The van der Waals surface area contributed by atoms with E-state index in [0.717, 1.165) is 29.7 Å². The second-order valence-corrected chi connectivity index (χ2v) is 5.62. The van der Waals surface area contributed by atoms with Crippen molar-refractivity contribution in [1.82, 2.24) is 0 Å². The van der Waals surface area contributed by atoms with Gasteiger partial charge < -0.3 is 5.32 Å². The van der Waals surface area contributed by atoms with Gasteiger partial charge in [-0.3, -0.25) is 4.79 Å². The lowest BCUT2D eigenvalue weighted by atomic mass is 10.0. The minimum Gasteiger partial charge on any atom is -0.326 e. The average Bonchev–Trinajstić information content (AvgIpc) is 2.56. The van der Waals surface area contributed by atoms with Gasteiger partial charge in [-0.25, -0.2) is 0 Å². The van der Waals surface area contributed by atoms with Crippen LogP contribution in [0.15, 0.2) is 54.6 Å². The van der Waals surface area contributed by atoms with Crippen molar-refractivity contribution >= 4 is 11.6 Å². The van der Waals surface area contributed by atoms with E-state index in [9.17, 15) is 4.79 Å². The molecule has 0 spiro atoms. The van der Waals surface area contributed by atoms with Gasteiger partial charge in [0, 0.05) is 17.7 Å². The fourth-order valence-electron chi connectivity index (χ4n) is 2.56. The van der Waals surface area contributed by atoms with Crippen LogP contribution in [0.1, 0.15) is 45.4 Å². The molecule has 2 rings (SSSR count). The molecule has 2 heteroatoms.